The monoisotopic (exact) mass is 500 g/mol. The van der Waals surface area contributed by atoms with Crippen LogP contribution in [-0.2, 0) is 25.3 Å². The van der Waals surface area contributed by atoms with E-state index in [9.17, 15) is 19.5 Å². The van der Waals surface area contributed by atoms with E-state index in [2.05, 4.69) is 26.1 Å². The Morgan fingerprint density at radius 1 is 1.31 bits per heavy atom. The van der Waals surface area contributed by atoms with Crippen LogP contribution in [-0.4, -0.2) is 79.5 Å². The third-order valence-corrected chi connectivity index (χ3v) is 8.79. The van der Waals surface area contributed by atoms with E-state index in [1.54, 1.807) is 12.1 Å². The molecule has 11 heteroatoms. The average Bonchev–Trinajstić information content (AvgIpc) is 3.39. The van der Waals surface area contributed by atoms with E-state index in [1.165, 1.54) is 18.1 Å². The molecule has 36 heavy (non-hydrogen) atoms. The molecular weight excluding hydrogens is 467 g/mol. The van der Waals surface area contributed by atoms with Crippen molar-refractivity contribution >= 4 is 25.1 Å². The van der Waals surface area contributed by atoms with Gasteiger partial charge in [-0.3, -0.25) is 9.69 Å². The molecule has 5 atom stereocenters. The smallest absolute Gasteiger partial charge is 0.482 e. The molecule has 2 bridgehead atoms. The highest BCUT2D eigenvalue weighted by atomic mass is 16.7. The molecule has 5 fully saturated rings. The number of rotatable bonds is 8. The van der Waals surface area contributed by atoms with Crippen molar-refractivity contribution in [1.29, 1.82) is 0 Å². The number of carbonyl (C=O) groups excluding carboxylic acids is 2. The molecule has 3 saturated carbocycles. The number of amides is 2. The quantitative estimate of drug-likeness (QED) is 0.521. The van der Waals surface area contributed by atoms with Gasteiger partial charge in [-0.15, -0.1) is 0 Å². The van der Waals surface area contributed by atoms with Crippen LogP contribution in [0.15, 0.2) is 18.2 Å². The van der Waals surface area contributed by atoms with Gasteiger partial charge in [-0.2, -0.15) is 0 Å². The minimum atomic E-state index is -1.10. The summed E-state index contributed by atoms with van der Waals surface area (Å²) in [6, 6.07) is 4.89. The standard InChI is InChI=1S/C25H33BN2O8/c1-24(2)15-11-17(24)25(3)18(12-15)35-26(36-25)19(27-20(29)13-28-8-9-34-23(28)32)10-14-6-5-7-16(22(30)31)21(14)33-4/h5-7,15,17-19H,8-13H2,1-4H3,(H,27,29)(H,30,31). The van der Waals surface area contributed by atoms with Crippen LogP contribution in [0.4, 0.5) is 4.79 Å². The number of aromatic carboxylic acids is 1. The molecule has 5 aliphatic rings. The first kappa shape index (κ1) is 24.9. The third-order valence-electron chi connectivity index (χ3n) is 8.79. The van der Waals surface area contributed by atoms with Gasteiger partial charge in [0.1, 0.15) is 24.5 Å². The first-order valence-corrected chi connectivity index (χ1v) is 12.5. The molecule has 2 heterocycles. The van der Waals surface area contributed by atoms with Crippen LogP contribution in [0.2, 0.25) is 0 Å². The number of nitrogens with one attached hydrogen (secondary N) is 1. The summed E-state index contributed by atoms with van der Waals surface area (Å²) in [6.45, 7) is 7.11. The predicted molar refractivity (Wildman–Crippen MR) is 129 cm³/mol. The topological polar surface area (TPSA) is 124 Å². The normalized spacial score (nSPS) is 30.8. The van der Waals surface area contributed by atoms with Crippen LogP contribution in [0.5, 0.6) is 5.75 Å². The molecule has 0 spiro atoms. The Kier molecular flexibility index (Phi) is 6.19. The maximum Gasteiger partial charge on any atom is 0.482 e. The van der Waals surface area contributed by atoms with Crippen LogP contribution in [0, 0.1) is 17.3 Å². The highest BCUT2D eigenvalue weighted by molar-refractivity contribution is 6.48. The van der Waals surface area contributed by atoms with Gasteiger partial charge in [0.25, 0.3) is 0 Å². The summed E-state index contributed by atoms with van der Waals surface area (Å²) in [5, 5.41) is 12.6. The highest BCUT2D eigenvalue weighted by Crippen LogP contribution is 2.65. The molecule has 2 aliphatic heterocycles. The van der Waals surface area contributed by atoms with Gasteiger partial charge in [-0.1, -0.05) is 26.0 Å². The average molecular weight is 500 g/mol. The van der Waals surface area contributed by atoms with Crippen LogP contribution in [0.3, 0.4) is 0 Å². The SMILES string of the molecule is COc1c(CC(NC(=O)CN2CCOC2=O)B2OC3CC4CC(C4(C)C)C3(C)O2)cccc1C(=O)O. The Morgan fingerprint density at radius 2 is 2.08 bits per heavy atom. The van der Waals surface area contributed by atoms with E-state index in [-0.39, 0.29) is 48.3 Å². The number of carboxylic acids is 1. The van der Waals surface area contributed by atoms with Gasteiger partial charge < -0.3 is 29.2 Å². The fourth-order valence-corrected chi connectivity index (χ4v) is 6.67. The summed E-state index contributed by atoms with van der Waals surface area (Å²) in [4.78, 5) is 37.9. The van der Waals surface area contributed by atoms with Gasteiger partial charge in [0.05, 0.1) is 31.3 Å². The summed E-state index contributed by atoms with van der Waals surface area (Å²) >= 11 is 0. The first-order valence-electron chi connectivity index (χ1n) is 12.5. The molecule has 2 N–H and O–H groups in total. The molecule has 0 radical (unpaired) electrons. The molecule has 194 valence electrons. The number of methoxy groups -OCH3 is 1. The van der Waals surface area contributed by atoms with E-state index >= 15 is 0 Å². The van der Waals surface area contributed by atoms with Gasteiger partial charge in [0.15, 0.2) is 0 Å². The predicted octanol–water partition coefficient (Wildman–Crippen LogP) is 2.14. The Bertz CT molecular complexity index is 1080. The van der Waals surface area contributed by atoms with Crippen LogP contribution in [0.1, 0.15) is 49.5 Å². The molecule has 2 amide bonds. The maximum atomic E-state index is 13.0. The van der Waals surface area contributed by atoms with Gasteiger partial charge in [-0.25, -0.2) is 9.59 Å². The zero-order chi connectivity index (χ0) is 25.8. The Balaban J connectivity index is 1.40. The third kappa shape index (κ3) is 4.02. The van der Waals surface area contributed by atoms with Gasteiger partial charge in [0.2, 0.25) is 5.91 Å². The zero-order valence-electron chi connectivity index (χ0n) is 21.1. The molecule has 3 aliphatic carbocycles. The van der Waals surface area contributed by atoms with Gasteiger partial charge in [0, 0.05) is 0 Å². The number of ether oxygens (including phenoxy) is 2. The minimum absolute atomic E-state index is 0.0383. The summed E-state index contributed by atoms with van der Waals surface area (Å²) in [6.07, 6.45) is 1.62. The van der Waals surface area contributed by atoms with Crippen molar-refractivity contribution in [3.8, 4) is 5.75 Å². The van der Waals surface area contributed by atoms with E-state index in [1.807, 2.05) is 0 Å². The molecule has 0 aromatic heterocycles. The van der Waals surface area contributed by atoms with Crippen molar-refractivity contribution in [2.75, 3.05) is 26.8 Å². The van der Waals surface area contributed by atoms with Crippen LogP contribution < -0.4 is 10.1 Å². The van der Waals surface area contributed by atoms with Crippen molar-refractivity contribution < 1.29 is 38.3 Å². The van der Waals surface area contributed by atoms with Crippen LogP contribution in [0.25, 0.3) is 0 Å². The number of benzene rings is 1. The van der Waals surface area contributed by atoms with Crippen molar-refractivity contribution in [2.24, 2.45) is 17.3 Å². The Morgan fingerprint density at radius 3 is 2.72 bits per heavy atom. The molecule has 1 aromatic rings. The maximum absolute atomic E-state index is 13.0. The van der Waals surface area contributed by atoms with Crippen molar-refractivity contribution in [2.45, 2.75) is 57.7 Å². The van der Waals surface area contributed by atoms with Crippen molar-refractivity contribution in [3.63, 3.8) is 0 Å². The van der Waals surface area contributed by atoms with Gasteiger partial charge >= 0.3 is 19.2 Å². The fraction of sp³-hybridized carbons (Fsp3) is 0.640. The largest absolute Gasteiger partial charge is 0.496 e. The number of nitrogens with zero attached hydrogens (tertiary/aromatic N) is 1. The van der Waals surface area contributed by atoms with Gasteiger partial charge in [-0.05, 0) is 55.1 Å². The molecule has 10 nitrogen and oxygen atoms in total. The zero-order valence-corrected chi connectivity index (χ0v) is 21.1. The lowest BCUT2D eigenvalue weighted by molar-refractivity contribution is -0.199. The summed E-state index contributed by atoms with van der Waals surface area (Å²) in [5.41, 5.74) is 0.339. The second-order valence-corrected chi connectivity index (χ2v) is 11.1. The number of hydrogen-bond acceptors (Lipinski definition) is 7. The van der Waals surface area contributed by atoms with E-state index in [4.69, 9.17) is 18.8 Å². The molecule has 5 unspecified atom stereocenters. The molecule has 2 saturated heterocycles. The Labute approximate surface area is 210 Å². The lowest BCUT2D eigenvalue weighted by Gasteiger charge is -2.64. The number of para-hydroxylation sites is 1. The molecule has 6 rings (SSSR count). The minimum Gasteiger partial charge on any atom is -0.496 e. The van der Waals surface area contributed by atoms with Crippen molar-refractivity contribution in [3.05, 3.63) is 29.3 Å². The van der Waals surface area contributed by atoms with E-state index in [0.29, 0.717) is 23.9 Å². The fourth-order valence-electron chi connectivity index (χ4n) is 6.67. The first-order chi connectivity index (χ1) is 17.0. The lowest BCUT2D eigenvalue weighted by atomic mass is 9.43. The van der Waals surface area contributed by atoms with Crippen molar-refractivity contribution in [1.82, 2.24) is 10.2 Å². The number of carboxylic acid groups (broad SMARTS) is 1. The number of hydrogen-bond donors (Lipinski definition) is 2. The second-order valence-electron chi connectivity index (χ2n) is 11.1. The van der Waals surface area contributed by atoms with E-state index < -0.39 is 30.7 Å². The van der Waals surface area contributed by atoms with E-state index in [0.717, 1.165) is 12.8 Å². The number of carbonyl (C=O) groups is 3. The summed E-state index contributed by atoms with van der Waals surface area (Å²) in [5.74, 6) is -0.946. The lowest BCUT2D eigenvalue weighted by Crippen LogP contribution is -2.65. The Hall–Kier alpha value is -2.79. The van der Waals surface area contributed by atoms with Crippen LogP contribution >= 0.6 is 0 Å². The second kappa shape index (κ2) is 8.95. The summed E-state index contributed by atoms with van der Waals surface area (Å²) in [7, 11) is 0.688. The molecular formula is C25H33BN2O8. The number of cyclic esters (lactones) is 1. The summed E-state index contributed by atoms with van der Waals surface area (Å²) < 4.78 is 23.4. The highest BCUT2D eigenvalue weighted by Gasteiger charge is 2.68. The molecule has 1 aromatic carbocycles.